The third-order valence-corrected chi connectivity index (χ3v) is 4.67. The highest BCUT2D eigenvalue weighted by Gasteiger charge is 2.16. The molecule has 108 valence electrons. The molecular formula is C13H19ClFNO2S. The quantitative estimate of drug-likeness (QED) is 0.592. The van der Waals surface area contributed by atoms with Gasteiger partial charge in [-0.1, -0.05) is 12.8 Å². The minimum Gasteiger partial charge on any atom is -0.211 e. The van der Waals surface area contributed by atoms with Crippen LogP contribution in [-0.4, -0.2) is 20.8 Å². The second-order valence-electron chi connectivity index (χ2n) is 4.41. The van der Waals surface area contributed by atoms with E-state index in [1.54, 1.807) is 6.92 Å². The molecule has 0 saturated heterocycles. The summed E-state index contributed by atoms with van der Waals surface area (Å²) in [4.78, 5) is 0.134. The van der Waals surface area contributed by atoms with Gasteiger partial charge in [0.1, 0.15) is 5.82 Å². The van der Waals surface area contributed by atoms with Gasteiger partial charge in [0.2, 0.25) is 10.0 Å². The lowest BCUT2D eigenvalue weighted by molar-refractivity contribution is 0.572. The van der Waals surface area contributed by atoms with Gasteiger partial charge in [0.25, 0.3) is 0 Å². The molecule has 0 unspecified atom stereocenters. The molecule has 1 aromatic rings. The average Bonchev–Trinajstić information content (AvgIpc) is 2.33. The number of hydrogen-bond acceptors (Lipinski definition) is 2. The van der Waals surface area contributed by atoms with Crippen LogP contribution in [0.25, 0.3) is 0 Å². The lowest BCUT2D eigenvalue weighted by atomic mass is 10.2. The largest absolute Gasteiger partial charge is 0.240 e. The van der Waals surface area contributed by atoms with Gasteiger partial charge in [-0.25, -0.2) is 17.5 Å². The van der Waals surface area contributed by atoms with E-state index in [1.807, 2.05) is 0 Å². The van der Waals surface area contributed by atoms with Crippen molar-refractivity contribution >= 4 is 21.6 Å². The van der Waals surface area contributed by atoms with Crippen molar-refractivity contribution in [1.29, 1.82) is 0 Å². The van der Waals surface area contributed by atoms with Gasteiger partial charge in [-0.15, -0.1) is 11.6 Å². The van der Waals surface area contributed by atoms with Crippen LogP contribution in [0.1, 0.15) is 31.2 Å². The lowest BCUT2D eigenvalue weighted by Gasteiger charge is -2.09. The predicted molar refractivity (Wildman–Crippen MR) is 75.5 cm³/mol. The Morgan fingerprint density at radius 2 is 1.89 bits per heavy atom. The van der Waals surface area contributed by atoms with Crippen LogP contribution in [0, 0.1) is 12.7 Å². The average molecular weight is 308 g/mol. The lowest BCUT2D eigenvalue weighted by Crippen LogP contribution is -2.25. The van der Waals surface area contributed by atoms with Crippen LogP contribution >= 0.6 is 11.6 Å². The Bertz CT molecular complexity index is 505. The summed E-state index contributed by atoms with van der Waals surface area (Å²) in [5, 5.41) is 0. The molecule has 0 bridgehead atoms. The highest BCUT2D eigenvalue weighted by molar-refractivity contribution is 7.89. The predicted octanol–water partition coefficient (Wildman–Crippen LogP) is 3.21. The van der Waals surface area contributed by atoms with Crippen molar-refractivity contribution in [2.45, 2.75) is 37.5 Å². The Labute approximate surface area is 119 Å². The van der Waals surface area contributed by atoms with E-state index in [-0.39, 0.29) is 4.90 Å². The van der Waals surface area contributed by atoms with Gasteiger partial charge in [-0.3, -0.25) is 0 Å². The maximum atomic E-state index is 12.9. The Morgan fingerprint density at radius 3 is 2.53 bits per heavy atom. The van der Waals surface area contributed by atoms with Gasteiger partial charge < -0.3 is 0 Å². The van der Waals surface area contributed by atoms with Crippen molar-refractivity contribution in [3.63, 3.8) is 0 Å². The van der Waals surface area contributed by atoms with Crippen LogP contribution in [0.4, 0.5) is 4.39 Å². The van der Waals surface area contributed by atoms with Crippen molar-refractivity contribution < 1.29 is 12.8 Å². The second kappa shape index (κ2) is 7.82. The van der Waals surface area contributed by atoms with Crippen LogP contribution in [0.2, 0.25) is 0 Å². The summed E-state index contributed by atoms with van der Waals surface area (Å²) >= 11 is 5.56. The number of rotatable bonds is 8. The Hall–Kier alpha value is -0.650. The number of unbranched alkanes of at least 4 members (excludes halogenated alkanes) is 3. The normalized spacial score (nSPS) is 11.7. The summed E-state index contributed by atoms with van der Waals surface area (Å²) in [6.07, 6.45) is 3.67. The van der Waals surface area contributed by atoms with E-state index in [4.69, 9.17) is 11.6 Å². The van der Waals surface area contributed by atoms with Crippen molar-refractivity contribution in [2.24, 2.45) is 0 Å². The molecule has 6 heteroatoms. The number of alkyl halides is 1. The molecule has 3 nitrogen and oxygen atoms in total. The molecule has 0 aliphatic heterocycles. The number of sulfonamides is 1. The first-order chi connectivity index (χ1) is 8.97. The van der Waals surface area contributed by atoms with Gasteiger partial charge >= 0.3 is 0 Å². The van der Waals surface area contributed by atoms with E-state index in [1.165, 1.54) is 12.1 Å². The summed E-state index contributed by atoms with van der Waals surface area (Å²) in [6, 6.07) is 3.66. The second-order valence-corrected chi connectivity index (χ2v) is 6.52. The molecule has 0 fully saturated rings. The third kappa shape index (κ3) is 5.47. The summed E-state index contributed by atoms with van der Waals surface area (Å²) < 4.78 is 39.5. The van der Waals surface area contributed by atoms with Crippen molar-refractivity contribution in [1.82, 2.24) is 4.72 Å². The molecular weight excluding hydrogens is 289 g/mol. The van der Waals surface area contributed by atoms with Crippen LogP contribution in [-0.2, 0) is 10.0 Å². The molecule has 1 rings (SSSR count). The molecule has 0 atom stereocenters. The van der Waals surface area contributed by atoms with E-state index in [9.17, 15) is 12.8 Å². The van der Waals surface area contributed by atoms with Gasteiger partial charge in [-0.2, -0.15) is 0 Å². The Balaban J connectivity index is 2.52. The number of nitrogens with one attached hydrogen (secondary N) is 1. The minimum absolute atomic E-state index is 0.134. The highest BCUT2D eigenvalue weighted by atomic mass is 35.5. The number of halogens is 2. The van der Waals surface area contributed by atoms with Crippen LogP contribution in [0.15, 0.2) is 23.1 Å². The van der Waals surface area contributed by atoms with Crippen LogP contribution < -0.4 is 4.72 Å². The zero-order valence-corrected chi connectivity index (χ0v) is 12.5. The minimum atomic E-state index is -3.54. The molecule has 0 heterocycles. The number of benzene rings is 1. The smallest absolute Gasteiger partial charge is 0.211 e. The first-order valence-corrected chi connectivity index (χ1v) is 8.31. The molecule has 1 N–H and O–H groups in total. The van der Waals surface area contributed by atoms with E-state index >= 15 is 0 Å². The van der Waals surface area contributed by atoms with Gasteiger partial charge in [-0.05, 0) is 43.5 Å². The van der Waals surface area contributed by atoms with E-state index in [0.717, 1.165) is 31.7 Å². The first kappa shape index (κ1) is 16.4. The molecule has 0 amide bonds. The molecule has 1 aromatic carbocycles. The van der Waals surface area contributed by atoms with Crippen molar-refractivity contribution in [3.05, 3.63) is 29.6 Å². The van der Waals surface area contributed by atoms with E-state index in [0.29, 0.717) is 18.0 Å². The zero-order valence-electron chi connectivity index (χ0n) is 11.0. The van der Waals surface area contributed by atoms with Gasteiger partial charge in [0.15, 0.2) is 0 Å². The van der Waals surface area contributed by atoms with Crippen molar-refractivity contribution in [3.8, 4) is 0 Å². The standard InChI is InChI=1S/C13H19ClFNO2S/c1-11-10-12(15)6-7-13(11)19(17,18)16-9-5-3-2-4-8-14/h6-7,10,16H,2-5,8-9H2,1H3. The summed E-state index contributed by atoms with van der Waals surface area (Å²) in [5.41, 5.74) is 0.412. The SMILES string of the molecule is Cc1cc(F)ccc1S(=O)(=O)NCCCCCCCl. The maximum Gasteiger partial charge on any atom is 0.240 e. The number of aryl methyl sites for hydroxylation is 1. The van der Waals surface area contributed by atoms with Crippen LogP contribution in [0.3, 0.4) is 0 Å². The van der Waals surface area contributed by atoms with Crippen molar-refractivity contribution in [2.75, 3.05) is 12.4 Å². The molecule has 0 saturated carbocycles. The Morgan fingerprint density at radius 1 is 1.21 bits per heavy atom. The Kier molecular flexibility index (Phi) is 6.75. The molecule has 0 radical (unpaired) electrons. The topological polar surface area (TPSA) is 46.2 Å². The molecule has 0 aliphatic carbocycles. The van der Waals surface area contributed by atoms with Gasteiger partial charge in [0, 0.05) is 12.4 Å². The molecule has 0 aliphatic rings. The maximum absolute atomic E-state index is 12.9. The summed E-state index contributed by atoms with van der Waals surface area (Å²) in [6.45, 7) is 1.97. The fourth-order valence-corrected chi connectivity index (χ4v) is 3.26. The molecule has 19 heavy (non-hydrogen) atoms. The van der Waals surface area contributed by atoms with Crippen LogP contribution in [0.5, 0.6) is 0 Å². The van der Waals surface area contributed by atoms with E-state index in [2.05, 4.69) is 4.72 Å². The highest BCUT2D eigenvalue weighted by Crippen LogP contribution is 2.15. The third-order valence-electron chi connectivity index (χ3n) is 2.78. The fraction of sp³-hybridized carbons (Fsp3) is 0.538. The fourth-order valence-electron chi connectivity index (χ4n) is 1.77. The summed E-state index contributed by atoms with van der Waals surface area (Å²) in [5.74, 6) is 0.207. The van der Waals surface area contributed by atoms with E-state index < -0.39 is 15.8 Å². The molecule has 0 aromatic heterocycles. The zero-order chi connectivity index (χ0) is 14.3. The first-order valence-electron chi connectivity index (χ1n) is 6.29. The summed E-state index contributed by atoms with van der Waals surface area (Å²) in [7, 11) is -3.54. The monoisotopic (exact) mass is 307 g/mol. The van der Waals surface area contributed by atoms with Gasteiger partial charge in [0.05, 0.1) is 4.90 Å². The molecule has 0 spiro atoms. The number of hydrogen-bond donors (Lipinski definition) is 1.